The highest BCUT2D eigenvalue weighted by Crippen LogP contribution is 1.98. The summed E-state index contributed by atoms with van der Waals surface area (Å²) in [6.45, 7) is 3.26. The Kier molecular flexibility index (Phi) is 10.4. The molecule has 0 aliphatic heterocycles. The minimum Gasteiger partial charge on any atom is -0.470 e. The molecule has 0 aromatic heterocycles. The highest BCUT2D eigenvalue weighted by atomic mass is 19.1. The maximum atomic E-state index is 11.8. The van der Waals surface area contributed by atoms with Gasteiger partial charge in [-0.25, -0.2) is 9.38 Å². The molecule has 0 spiro atoms. The molecule has 1 atom stereocenters. The van der Waals surface area contributed by atoms with Gasteiger partial charge in [-0.2, -0.15) is 0 Å². The average Bonchev–Trinajstić information content (AvgIpc) is 2.35. The second-order valence-electron chi connectivity index (χ2n) is 3.24. The normalized spacial score (nSPS) is 15.2. The fourth-order valence-electron chi connectivity index (χ4n) is 0.989. The molecule has 1 unspecified atom stereocenters. The van der Waals surface area contributed by atoms with E-state index in [9.17, 15) is 4.39 Å². The van der Waals surface area contributed by atoms with Crippen LogP contribution in [0.4, 0.5) is 4.39 Å². The molecule has 0 aromatic rings. The largest absolute Gasteiger partial charge is 0.470 e. The fourth-order valence-corrected chi connectivity index (χ4v) is 0.989. The van der Waals surface area contributed by atoms with Crippen molar-refractivity contribution in [3.05, 3.63) is 48.9 Å². The Morgan fingerprint density at radius 2 is 2.28 bits per heavy atom. The maximum absolute atomic E-state index is 11.8. The summed E-state index contributed by atoms with van der Waals surface area (Å²) in [5.74, 6) is 5.54. The van der Waals surface area contributed by atoms with E-state index in [2.05, 4.69) is 10.4 Å². The van der Waals surface area contributed by atoms with Gasteiger partial charge in [-0.15, -0.1) is 0 Å². The van der Waals surface area contributed by atoms with Crippen molar-refractivity contribution in [2.45, 2.75) is 20.0 Å². The van der Waals surface area contributed by atoms with Crippen molar-refractivity contribution in [1.82, 2.24) is 5.43 Å². The minimum atomic E-state index is -0.470. The van der Waals surface area contributed by atoms with Crippen LogP contribution in [0.1, 0.15) is 13.8 Å². The van der Waals surface area contributed by atoms with Crippen LogP contribution in [0.3, 0.4) is 0 Å². The number of aliphatic imine (C=N–C) groups is 1. The van der Waals surface area contributed by atoms with Gasteiger partial charge in [-0.3, -0.25) is 5.84 Å². The number of halogens is 1. The van der Waals surface area contributed by atoms with E-state index in [1.807, 2.05) is 19.9 Å². The van der Waals surface area contributed by atoms with Crippen molar-refractivity contribution in [1.29, 1.82) is 0 Å². The summed E-state index contributed by atoms with van der Waals surface area (Å²) in [4.78, 5) is 4.06. The van der Waals surface area contributed by atoms with Crippen molar-refractivity contribution in [3.63, 3.8) is 0 Å². The number of rotatable bonds is 7. The van der Waals surface area contributed by atoms with Crippen LogP contribution < -0.4 is 11.3 Å². The van der Waals surface area contributed by atoms with E-state index >= 15 is 0 Å². The summed E-state index contributed by atoms with van der Waals surface area (Å²) in [5, 5.41) is 0. The quantitative estimate of drug-likeness (QED) is 0.241. The Morgan fingerprint density at radius 1 is 1.50 bits per heavy atom. The zero-order valence-corrected chi connectivity index (χ0v) is 10.7. The van der Waals surface area contributed by atoms with E-state index in [0.29, 0.717) is 5.90 Å². The first kappa shape index (κ1) is 16.1. The molecule has 0 rings (SSSR count). The van der Waals surface area contributed by atoms with Gasteiger partial charge in [0.1, 0.15) is 12.8 Å². The van der Waals surface area contributed by atoms with E-state index in [4.69, 9.17) is 10.6 Å². The Labute approximate surface area is 107 Å². The lowest BCUT2D eigenvalue weighted by molar-refractivity contribution is 0.258. The fraction of sp³-hybridized carbons (Fsp3) is 0.308. The van der Waals surface area contributed by atoms with E-state index in [0.717, 1.165) is 0 Å². The second kappa shape index (κ2) is 11.6. The van der Waals surface area contributed by atoms with Gasteiger partial charge >= 0.3 is 0 Å². The summed E-state index contributed by atoms with van der Waals surface area (Å²) >= 11 is 0. The molecular weight excluding hydrogens is 233 g/mol. The van der Waals surface area contributed by atoms with Crippen LogP contribution in [0.25, 0.3) is 0 Å². The number of nitrogens with zero attached hydrogens (tertiary/aromatic N) is 1. The molecular formula is C13H20FN3O. The number of allylic oxidation sites excluding steroid dienone is 4. The van der Waals surface area contributed by atoms with E-state index in [-0.39, 0.29) is 6.10 Å². The monoisotopic (exact) mass is 253 g/mol. The van der Waals surface area contributed by atoms with Crippen molar-refractivity contribution in [2.75, 3.05) is 6.67 Å². The summed E-state index contributed by atoms with van der Waals surface area (Å²) in [6.07, 6.45) is 13.0. The predicted octanol–water partition coefficient (Wildman–Crippen LogP) is 2.38. The SMILES string of the molecule is C/C=C/C(=N/C=C/NN)OC(C)/C=C\C=C/CF. The average molecular weight is 253 g/mol. The van der Waals surface area contributed by atoms with Gasteiger partial charge in [0.15, 0.2) is 0 Å². The van der Waals surface area contributed by atoms with Crippen LogP contribution >= 0.6 is 0 Å². The molecule has 0 aromatic carbocycles. The zero-order chi connectivity index (χ0) is 13.6. The smallest absolute Gasteiger partial charge is 0.213 e. The topological polar surface area (TPSA) is 59.6 Å². The number of alkyl halides is 1. The van der Waals surface area contributed by atoms with Gasteiger partial charge < -0.3 is 10.2 Å². The Morgan fingerprint density at radius 3 is 2.89 bits per heavy atom. The van der Waals surface area contributed by atoms with Crippen LogP contribution in [0.5, 0.6) is 0 Å². The number of ether oxygens (including phenoxy) is 1. The first-order valence-electron chi connectivity index (χ1n) is 5.62. The third-order valence-corrected chi connectivity index (χ3v) is 1.71. The molecule has 0 aliphatic rings. The van der Waals surface area contributed by atoms with Gasteiger partial charge in [0.2, 0.25) is 5.90 Å². The van der Waals surface area contributed by atoms with Crippen molar-refractivity contribution in [3.8, 4) is 0 Å². The molecule has 0 amide bonds. The van der Waals surface area contributed by atoms with Gasteiger partial charge in [-0.1, -0.05) is 24.3 Å². The zero-order valence-electron chi connectivity index (χ0n) is 10.7. The molecule has 100 valence electrons. The number of nitrogens with two attached hydrogens (primary N) is 1. The maximum Gasteiger partial charge on any atom is 0.213 e. The molecule has 18 heavy (non-hydrogen) atoms. The molecule has 0 saturated carbocycles. The Balaban J connectivity index is 4.40. The molecule has 0 fully saturated rings. The number of hydrogen-bond acceptors (Lipinski definition) is 4. The predicted molar refractivity (Wildman–Crippen MR) is 73.5 cm³/mol. The third-order valence-electron chi connectivity index (χ3n) is 1.71. The lowest BCUT2D eigenvalue weighted by Crippen LogP contribution is -2.13. The molecule has 4 nitrogen and oxygen atoms in total. The number of hydrogen-bond donors (Lipinski definition) is 2. The van der Waals surface area contributed by atoms with Gasteiger partial charge in [-0.05, 0) is 26.0 Å². The molecule has 0 radical (unpaired) electrons. The summed E-state index contributed by atoms with van der Waals surface area (Å²) < 4.78 is 17.3. The summed E-state index contributed by atoms with van der Waals surface area (Å²) in [5.41, 5.74) is 2.34. The van der Waals surface area contributed by atoms with Gasteiger partial charge in [0.25, 0.3) is 0 Å². The van der Waals surface area contributed by atoms with Crippen LogP contribution in [0, 0.1) is 0 Å². The molecule has 3 N–H and O–H groups in total. The third kappa shape index (κ3) is 9.35. The molecule has 0 heterocycles. The lowest BCUT2D eigenvalue weighted by atomic mass is 10.3. The van der Waals surface area contributed by atoms with Crippen molar-refractivity contribution >= 4 is 5.90 Å². The summed E-state index contributed by atoms with van der Waals surface area (Å²) in [7, 11) is 0. The molecule has 0 aliphatic carbocycles. The molecule has 0 bridgehead atoms. The first-order valence-corrected chi connectivity index (χ1v) is 5.62. The van der Waals surface area contributed by atoms with Crippen molar-refractivity contribution in [2.24, 2.45) is 10.8 Å². The second-order valence-corrected chi connectivity index (χ2v) is 3.24. The highest BCUT2D eigenvalue weighted by molar-refractivity contribution is 5.88. The minimum absolute atomic E-state index is 0.163. The van der Waals surface area contributed by atoms with E-state index < -0.39 is 6.67 Å². The van der Waals surface area contributed by atoms with Crippen LogP contribution in [-0.4, -0.2) is 18.7 Å². The lowest BCUT2D eigenvalue weighted by Gasteiger charge is -2.09. The Bertz CT molecular complexity index is 346. The van der Waals surface area contributed by atoms with E-state index in [1.165, 1.54) is 18.5 Å². The van der Waals surface area contributed by atoms with Crippen LogP contribution in [0.15, 0.2) is 53.8 Å². The molecule has 0 saturated heterocycles. The number of hydrazine groups is 1. The summed E-state index contributed by atoms with van der Waals surface area (Å²) in [6, 6.07) is 0. The molecule has 5 heteroatoms. The standard InChI is InChI=1S/C13H20FN3O/c1-3-7-13(16-10-11-17-15)18-12(2)8-5-4-6-9-14/h3-8,10-12,17H,9,15H2,1-2H3/b6-4-,7-3+,8-5-,11-10+,16-13-. The van der Waals surface area contributed by atoms with Gasteiger partial charge in [0.05, 0.1) is 0 Å². The van der Waals surface area contributed by atoms with Crippen LogP contribution in [0.2, 0.25) is 0 Å². The van der Waals surface area contributed by atoms with Crippen molar-refractivity contribution < 1.29 is 9.13 Å². The highest BCUT2D eigenvalue weighted by Gasteiger charge is 1.99. The number of nitrogens with one attached hydrogen (secondary N) is 1. The van der Waals surface area contributed by atoms with Crippen LogP contribution in [-0.2, 0) is 4.74 Å². The van der Waals surface area contributed by atoms with E-state index in [1.54, 1.807) is 24.3 Å². The van der Waals surface area contributed by atoms with Gasteiger partial charge in [0, 0.05) is 12.4 Å². The Hall–Kier alpha value is -1.88. The first-order chi connectivity index (χ1) is 8.74.